The first-order valence-corrected chi connectivity index (χ1v) is 9.36. The summed E-state index contributed by atoms with van der Waals surface area (Å²) in [6, 6.07) is 4.89. The summed E-state index contributed by atoms with van der Waals surface area (Å²) in [5.74, 6) is 0.289. The Bertz CT molecular complexity index is 778. The predicted octanol–water partition coefficient (Wildman–Crippen LogP) is 2.29. The summed E-state index contributed by atoms with van der Waals surface area (Å²) in [7, 11) is 0. The van der Waals surface area contributed by atoms with Crippen molar-refractivity contribution in [1.82, 2.24) is 5.32 Å². The highest BCUT2D eigenvalue weighted by atomic mass is 16.6. The summed E-state index contributed by atoms with van der Waals surface area (Å²) in [5, 5.41) is 5.71. The Hall–Kier alpha value is -2.81. The highest BCUT2D eigenvalue weighted by molar-refractivity contribution is 5.85. The molecule has 9 nitrogen and oxygen atoms in total. The minimum Gasteiger partial charge on any atom is -0.485 e. The van der Waals surface area contributed by atoms with Gasteiger partial charge in [-0.25, -0.2) is 4.79 Å². The molecule has 1 aromatic rings. The Morgan fingerprint density at radius 3 is 2.38 bits per heavy atom. The number of fused-ring (bicyclic) bond motifs is 1. The smallest absolute Gasteiger partial charge is 0.411 e. The number of hydrogen-bond acceptors (Lipinski definition) is 8. The summed E-state index contributed by atoms with van der Waals surface area (Å²) in [6.07, 6.45) is -0.577. The predicted molar refractivity (Wildman–Crippen MR) is 105 cm³/mol. The number of benzene rings is 1. The molecule has 0 bridgehead atoms. The molecule has 0 saturated carbocycles. The van der Waals surface area contributed by atoms with E-state index in [4.69, 9.17) is 18.9 Å². The van der Waals surface area contributed by atoms with Crippen LogP contribution in [0.15, 0.2) is 18.2 Å². The molecule has 0 spiro atoms. The quantitative estimate of drug-likeness (QED) is 0.661. The van der Waals surface area contributed by atoms with Crippen molar-refractivity contribution >= 4 is 23.5 Å². The maximum Gasteiger partial charge on any atom is 0.411 e. The molecule has 0 radical (unpaired) electrons. The first-order chi connectivity index (χ1) is 13.6. The van der Waals surface area contributed by atoms with E-state index in [9.17, 15) is 14.4 Å². The van der Waals surface area contributed by atoms with Crippen LogP contribution in [0.25, 0.3) is 0 Å². The third-order valence-electron chi connectivity index (χ3n) is 4.54. The number of rotatable bonds is 7. The molecule has 1 amide bonds. The molecular formula is C20H28N2O7. The monoisotopic (exact) mass is 408 g/mol. The molecule has 0 fully saturated rings. The van der Waals surface area contributed by atoms with E-state index in [1.165, 1.54) is 13.8 Å². The SMILES string of the molecule is CCOC(=O)Nc1ccc2c(c1)OCC(CNC(C)(C)C(C)=O)(OC(C)=O)CO2. The van der Waals surface area contributed by atoms with Crippen LogP contribution in [0.1, 0.15) is 34.6 Å². The number of nitrogens with one attached hydrogen (secondary N) is 2. The highest BCUT2D eigenvalue weighted by Gasteiger charge is 2.40. The normalized spacial score (nSPS) is 18.4. The molecule has 1 unspecified atom stereocenters. The second kappa shape index (κ2) is 9.13. The fourth-order valence-electron chi connectivity index (χ4n) is 2.57. The van der Waals surface area contributed by atoms with Crippen LogP contribution in [0.3, 0.4) is 0 Å². The van der Waals surface area contributed by atoms with Crippen molar-refractivity contribution in [1.29, 1.82) is 0 Å². The second-order valence-corrected chi connectivity index (χ2v) is 7.40. The van der Waals surface area contributed by atoms with Gasteiger partial charge in [-0.15, -0.1) is 0 Å². The van der Waals surface area contributed by atoms with Gasteiger partial charge in [-0.05, 0) is 39.8 Å². The number of Topliss-reactive ketones (excluding diaryl/α,β-unsaturated/α-hetero) is 1. The van der Waals surface area contributed by atoms with E-state index in [0.29, 0.717) is 17.2 Å². The van der Waals surface area contributed by atoms with Crippen molar-refractivity contribution in [2.24, 2.45) is 0 Å². The Morgan fingerprint density at radius 2 is 1.79 bits per heavy atom. The lowest BCUT2D eigenvalue weighted by molar-refractivity contribution is -0.163. The first-order valence-electron chi connectivity index (χ1n) is 9.36. The maximum atomic E-state index is 11.8. The molecule has 1 heterocycles. The van der Waals surface area contributed by atoms with Crippen molar-refractivity contribution in [3.05, 3.63) is 18.2 Å². The van der Waals surface area contributed by atoms with Crippen LogP contribution < -0.4 is 20.1 Å². The van der Waals surface area contributed by atoms with E-state index in [1.54, 1.807) is 39.0 Å². The summed E-state index contributed by atoms with van der Waals surface area (Å²) in [4.78, 5) is 35.1. The third kappa shape index (κ3) is 6.08. The van der Waals surface area contributed by atoms with Gasteiger partial charge in [-0.3, -0.25) is 14.9 Å². The van der Waals surface area contributed by atoms with Gasteiger partial charge in [-0.2, -0.15) is 0 Å². The van der Waals surface area contributed by atoms with Crippen molar-refractivity contribution in [2.45, 2.75) is 45.8 Å². The van der Waals surface area contributed by atoms with Gasteiger partial charge in [-0.1, -0.05) is 0 Å². The van der Waals surface area contributed by atoms with Crippen LogP contribution in [0, 0.1) is 0 Å². The van der Waals surface area contributed by atoms with Crippen LogP contribution in [-0.2, 0) is 19.1 Å². The average molecular weight is 408 g/mol. The van der Waals surface area contributed by atoms with Gasteiger partial charge < -0.3 is 24.3 Å². The second-order valence-electron chi connectivity index (χ2n) is 7.40. The van der Waals surface area contributed by atoms with Crippen molar-refractivity contribution in [2.75, 3.05) is 31.7 Å². The zero-order valence-electron chi connectivity index (χ0n) is 17.4. The molecule has 0 aliphatic carbocycles. The van der Waals surface area contributed by atoms with Crippen molar-refractivity contribution < 1.29 is 33.3 Å². The van der Waals surface area contributed by atoms with Crippen LogP contribution in [0.2, 0.25) is 0 Å². The fourth-order valence-corrected chi connectivity index (χ4v) is 2.57. The number of carbonyl (C=O) groups is 3. The zero-order valence-corrected chi connectivity index (χ0v) is 17.4. The standard InChI is InChI=1S/C20H28N2O7/c1-6-26-18(25)22-15-7-8-16-17(9-15)28-12-20(11-27-16,29-14(3)24)10-21-19(4,5)13(2)23/h7-9,21H,6,10-12H2,1-5H3,(H,22,25). The molecule has 1 aliphatic rings. The number of ether oxygens (including phenoxy) is 4. The number of anilines is 1. The molecule has 2 N–H and O–H groups in total. The van der Waals surface area contributed by atoms with Gasteiger partial charge in [0.2, 0.25) is 0 Å². The molecule has 160 valence electrons. The van der Waals surface area contributed by atoms with Gasteiger partial charge in [0, 0.05) is 25.2 Å². The van der Waals surface area contributed by atoms with Crippen LogP contribution in [0.5, 0.6) is 11.5 Å². The molecular weight excluding hydrogens is 380 g/mol. The maximum absolute atomic E-state index is 11.8. The largest absolute Gasteiger partial charge is 0.485 e. The Labute approximate surface area is 170 Å². The van der Waals surface area contributed by atoms with Crippen LogP contribution in [0.4, 0.5) is 10.5 Å². The number of carbonyl (C=O) groups excluding carboxylic acids is 3. The van der Waals surface area contributed by atoms with Crippen LogP contribution in [-0.4, -0.2) is 55.4 Å². The summed E-state index contributed by atoms with van der Waals surface area (Å²) < 4.78 is 22.1. The molecule has 1 atom stereocenters. The van der Waals surface area contributed by atoms with Gasteiger partial charge in [0.25, 0.3) is 0 Å². The first kappa shape index (κ1) is 22.5. The number of amides is 1. The highest BCUT2D eigenvalue weighted by Crippen LogP contribution is 2.35. The Morgan fingerprint density at radius 1 is 1.14 bits per heavy atom. The van der Waals surface area contributed by atoms with Gasteiger partial charge in [0.15, 0.2) is 17.1 Å². The molecule has 1 aliphatic heterocycles. The molecule has 9 heteroatoms. The van der Waals surface area contributed by atoms with E-state index in [0.717, 1.165) is 0 Å². The van der Waals surface area contributed by atoms with E-state index >= 15 is 0 Å². The van der Waals surface area contributed by atoms with Gasteiger partial charge in [0.1, 0.15) is 19.0 Å². The minimum atomic E-state index is -1.13. The fraction of sp³-hybridized carbons (Fsp3) is 0.550. The Kier molecular flexibility index (Phi) is 7.07. The molecule has 29 heavy (non-hydrogen) atoms. The number of ketones is 1. The summed E-state index contributed by atoms with van der Waals surface area (Å²) >= 11 is 0. The molecule has 1 aromatic carbocycles. The lowest BCUT2D eigenvalue weighted by Gasteiger charge is -2.34. The topological polar surface area (TPSA) is 112 Å². The molecule has 2 rings (SSSR count). The van der Waals surface area contributed by atoms with Crippen LogP contribution >= 0.6 is 0 Å². The third-order valence-corrected chi connectivity index (χ3v) is 4.54. The minimum absolute atomic E-state index is 0.00340. The Balaban J connectivity index is 2.17. The number of hydrogen-bond donors (Lipinski definition) is 2. The van der Waals surface area contributed by atoms with Crippen molar-refractivity contribution in [3.63, 3.8) is 0 Å². The average Bonchev–Trinajstić information content (AvgIpc) is 2.80. The van der Waals surface area contributed by atoms with Crippen molar-refractivity contribution in [3.8, 4) is 11.5 Å². The lowest BCUT2D eigenvalue weighted by atomic mass is 9.98. The molecule has 0 saturated heterocycles. The molecule has 0 aromatic heterocycles. The van der Waals surface area contributed by atoms with E-state index in [-0.39, 0.29) is 32.1 Å². The van der Waals surface area contributed by atoms with E-state index in [2.05, 4.69) is 10.6 Å². The lowest BCUT2D eigenvalue weighted by Crippen LogP contribution is -2.58. The van der Waals surface area contributed by atoms with E-state index in [1.807, 2.05) is 0 Å². The zero-order chi connectivity index (χ0) is 21.7. The van der Waals surface area contributed by atoms with Gasteiger partial charge in [0.05, 0.1) is 12.1 Å². The van der Waals surface area contributed by atoms with Gasteiger partial charge >= 0.3 is 12.1 Å². The number of esters is 1. The summed E-state index contributed by atoms with van der Waals surface area (Å²) in [6.45, 7) is 8.44. The van der Waals surface area contributed by atoms with E-state index < -0.39 is 23.2 Å². The summed E-state index contributed by atoms with van der Waals surface area (Å²) in [5.41, 5.74) is -1.46.